The van der Waals surface area contributed by atoms with Crippen molar-refractivity contribution in [1.29, 1.82) is 0 Å². The van der Waals surface area contributed by atoms with Crippen LogP contribution >= 0.6 is 11.8 Å². The molecular formula is C12H15NO3S. The second kappa shape index (κ2) is 5.93. The predicted octanol–water partition coefficient (Wildman–Crippen LogP) is 1.39. The van der Waals surface area contributed by atoms with Gasteiger partial charge in [-0.2, -0.15) is 11.8 Å². The van der Waals surface area contributed by atoms with E-state index in [0.717, 1.165) is 11.3 Å². The molecule has 2 N–H and O–H groups in total. The van der Waals surface area contributed by atoms with E-state index < -0.39 is 12.2 Å². The maximum Gasteiger partial charge on any atom is 0.407 e. The third kappa shape index (κ3) is 3.64. The lowest BCUT2D eigenvalue weighted by molar-refractivity contribution is 0.118. The van der Waals surface area contributed by atoms with E-state index in [-0.39, 0.29) is 12.6 Å². The number of hydrogen-bond acceptors (Lipinski definition) is 4. The summed E-state index contributed by atoms with van der Waals surface area (Å²) in [5.74, 6) is 1.41. The van der Waals surface area contributed by atoms with Crippen molar-refractivity contribution in [2.45, 2.75) is 18.8 Å². The molecular weight excluding hydrogens is 238 g/mol. The van der Waals surface area contributed by atoms with Gasteiger partial charge < -0.3 is 15.2 Å². The minimum absolute atomic E-state index is 0.191. The van der Waals surface area contributed by atoms with E-state index in [4.69, 9.17) is 4.74 Å². The summed E-state index contributed by atoms with van der Waals surface area (Å²) >= 11 is 1.63. The number of hydrogen-bond donors (Lipinski definition) is 2. The minimum Gasteiger partial charge on any atom is -0.445 e. The standard InChI is InChI=1S/C12H15NO3S/c14-11-8-17-7-10(11)13-12(15)16-6-9-4-2-1-3-5-9/h1-5,10-11,14H,6-8H2,(H,13,15). The number of rotatable bonds is 3. The van der Waals surface area contributed by atoms with Gasteiger partial charge in [0.05, 0.1) is 12.1 Å². The Balaban J connectivity index is 1.74. The van der Waals surface area contributed by atoms with Crippen molar-refractivity contribution in [3.8, 4) is 0 Å². The van der Waals surface area contributed by atoms with Gasteiger partial charge in [0.15, 0.2) is 0 Å². The molecule has 2 atom stereocenters. The highest BCUT2D eigenvalue weighted by Gasteiger charge is 2.27. The summed E-state index contributed by atoms with van der Waals surface area (Å²) in [6, 6.07) is 9.31. The van der Waals surface area contributed by atoms with Crippen LogP contribution in [0.3, 0.4) is 0 Å². The normalized spacial score (nSPS) is 23.4. The Hall–Kier alpha value is -1.20. The number of carbonyl (C=O) groups is 1. The number of aliphatic hydroxyl groups is 1. The first kappa shape index (κ1) is 12.3. The van der Waals surface area contributed by atoms with E-state index in [1.165, 1.54) is 0 Å². The molecule has 0 aromatic heterocycles. The van der Waals surface area contributed by atoms with Gasteiger partial charge in [-0.1, -0.05) is 30.3 Å². The maximum absolute atomic E-state index is 11.5. The van der Waals surface area contributed by atoms with Crippen LogP contribution in [0.1, 0.15) is 5.56 Å². The van der Waals surface area contributed by atoms with Crippen LogP contribution < -0.4 is 5.32 Å². The second-order valence-electron chi connectivity index (χ2n) is 3.92. The Kier molecular flexibility index (Phi) is 4.28. The van der Waals surface area contributed by atoms with Gasteiger partial charge in [0.25, 0.3) is 0 Å². The first-order chi connectivity index (χ1) is 8.25. The lowest BCUT2D eigenvalue weighted by Crippen LogP contribution is -2.42. The molecule has 0 saturated carbocycles. The summed E-state index contributed by atoms with van der Waals surface area (Å²) in [7, 11) is 0. The number of ether oxygens (including phenoxy) is 1. The Morgan fingerprint density at radius 1 is 1.41 bits per heavy atom. The average Bonchev–Trinajstić information content (AvgIpc) is 2.74. The highest BCUT2D eigenvalue weighted by atomic mass is 32.2. The smallest absolute Gasteiger partial charge is 0.407 e. The van der Waals surface area contributed by atoms with E-state index in [9.17, 15) is 9.90 Å². The molecule has 0 bridgehead atoms. The highest BCUT2D eigenvalue weighted by molar-refractivity contribution is 7.99. The summed E-state index contributed by atoms with van der Waals surface area (Å²) in [6.45, 7) is 0.253. The van der Waals surface area contributed by atoms with Crippen molar-refractivity contribution in [3.63, 3.8) is 0 Å². The Morgan fingerprint density at radius 2 is 2.18 bits per heavy atom. The Morgan fingerprint density at radius 3 is 2.82 bits per heavy atom. The minimum atomic E-state index is -0.472. The molecule has 1 heterocycles. The summed E-state index contributed by atoms with van der Waals surface area (Å²) in [5.41, 5.74) is 0.948. The molecule has 1 aliphatic heterocycles. The fourth-order valence-electron chi connectivity index (χ4n) is 1.60. The van der Waals surface area contributed by atoms with Crippen molar-refractivity contribution in [2.24, 2.45) is 0 Å². The van der Waals surface area contributed by atoms with E-state index in [1.54, 1.807) is 11.8 Å². The van der Waals surface area contributed by atoms with E-state index in [0.29, 0.717) is 5.75 Å². The third-order valence-electron chi connectivity index (χ3n) is 2.57. The highest BCUT2D eigenvalue weighted by Crippen LogP contribution is 2.18. The molecule has 2 unspecified atom stereocenters. The fourth-order valence-corrected chi connectivity index (χ4v) is 2.77. The van der Waals surface area contributed by atoms with Crippen LogP contribution in [0.4, 0.5) is 4.79 Å². The van der Waals surface area contributed by atoms with Crippen molar-refractivity contribution < 1.29 is 14.6 Å². The quantitative estimate of drug-likeness (QED) is 0.854. The third-order valence-corrected chi connectivity index (χ3v) is 3.74. The molecule has 1 aliphatic rings. The van der Waals surface area contributed by atoms with Gasteiger partial charge in [-0.05, 0) is 5.56 Å². The largest absolute Gasteiger partial charge is 0.445 e. The van der Waals surface area contributed by atoms with Gasteiger partial charge in [0, 0.05) is 11.5 Å². The average molecular weight is 253 g/mol. The van der Waals surface area contributed by atoms with Crippen molar-refractivity contribution in [1.82, 2.24) is 5.32 Å². The zero-order valence-corrected chi connectivity index (χ0v) is 10.2. The van der Waals surface area contributed by atoms with Crippen molar-refractivity contribution >= 4 is 17.9 Å². The van der Waals surface area contributed by atoms with Crippen LogP contribution in [0.25, 0.3) is 0 Å². The molecule has 1 aromatic rings. The van der Waals surface area contributed by atoms with Gasteiger partial charge in [-0.15, -0.1) is 0 Å². The molecule has 0 spiro atoms. The molecule has 2 rings (SSSR count). The second-order valence-corrected chi connectivity index (χ2v) is 4.99. The van der Waals surface area contributed by atoms with E-state index >= 15 is 0 Å². The molecule has 1 saturated heterocycles. The predicted molar refractivity (Wildman–Crippen MR) is 66.9 cm³/mol. The zero-order valence-electron chi connectivity index (χ0n) is 9.33. The van der Waals surface area contributed by atoms with Gasteiger partial charge in [-0.25, -0.2) is 4.79 Å². The van der Waals surface area contributed by atoms with Crippen LogP contribution in [-0.4, -0.2) is 34.9 Å². The number of carbonyl (C=O) groups excluding carboxylic acids is 1. The van der Waals surface area contributed by atoms with Crippen molar-refractivity contribution in [2.75, 3.05) is 11.5 Å². The van der Waals surface area contributed by atoms with Crippen LogP contribution in [0.5, 0.6) is 0 Å². The summed E-state index contributed by atoms with van der Waals surface area (Å²) < 4.78 is 5.07. The molecule has 5 heteroatoms. The number of aliphatic hydroxyl groups excluding tert-OH is 1. The molecule has 1 amide bonds. The number of alkyl carbamates (subject to hydrolysis) is 1. The topological polar surface area (TPSA) is 58.6 Å². The summed E-state index contributed by atoms with van der Waals surface area (Å²) in [5, 5.41) is 12.2. The SMILES string of the molecule is O=C(NC1CSCC1O)OCc1ccccc1. The van der Waals surface area contributed by atoms with Crippen LogP contribution in [0.15, 0.2) is 30.3 Å². The van der Waals surface area contributed by atoms with Gasteiger partial charge in [0.2, 0.25) is 0 Å². The molecule has 1 aromatic carbocycles. The summed E-state index contributed by atoms with van der Waals surface area (Å²) in [4.78, 5) is 11.5. The number of thioether (sulfide) groups is 1. The number of amides is 1. The zero-order chi connectivity index (χ0) is 12.1. The van der Waals surface area contributed by atoms with Gasteiger partial charge in [0.1, 0.15) is 6.61 Å². The maximum atomic E-state index is 11.5. The molecule has 0 radical (unpaired) electrons. The fraction of sp³-hybridized carbons (Fsp3) is 0.417. The van der Waals surface area contributed by atoms with Crippen LogP contribution in [0, 0.1) is 0 Å². The monoisotopic (exact) mass is 253 g/mol. The first-order valence-electron chi connectivity index (χ1n) is 5.49. The number of benzene rings is 1. The molecule has 17 heavy (non-hydrogen) atoms. The first-order valence-corrected chi connectivity index (χ1v) is 6.64. The van der Waals surface area contributed by atoms with Gasteiger partial charge >= 0.3 is 6.09 Å². The van der Waals surface area contributed by atoms with E-state index in [2.05, 4.69) is 5.32 Å². The lowest BCUT2D eigenvalue weighted by Gasteiger charge is -2.15. The Bertz CT molecular complexity index is 371. The van der Waals surface area contributed by atoms with Crippen LogP contribution in [0.2, 0.25) is 0 Å². The summed E-state index contributed by atoms with van der Waals surface area (Å²) in [6.07, 6.45) is -0.940. The van der Waals surface area contributed by atoms with Gasteiger partial charge in [-0.3, -0.25) is 0 Å². The number of nitrogens with one attached hydrogen (secondary N) is 1. The molecule has 0 aliphatic carbocycles. The molecule has 1 fully saturated rings. The molecule has 92 valence electrons. The molecule has 4 nitrogen and oxygen atoms in total. The van der Waals surface area contributed by atoms with E-state index in [1.807, 2.05) is 30.3 Å². The lowest BCUT2D eigenvalue weighted by atomic mass is 10.2. The Labute approximate surface area is 104 Å². The van der Waals surface area contributed by atoms with Crippen molar-refractivity contribution in [3.05, 3.63) is 35.9 Å². The van der Waals surface area contributed by atoms with Crippen LogP contribution in [-0.2, 0) is 11.3 Å².